The average Bonchev–Trinajstić information content (AvgIpc) is 3.12. The third-order valence-electron chi connectivity index (χ3n) is 3.57. The highest BCUT2D eigenvalue weighted by Crippen LogP contribution is 2.22. The van der Waals surface area contributed by atoms with E-state index in [9.17, 15) is 0 Å². The van der Waals surface area contributed by atoms with Gasteiger partial charge in [-0.25, -0.2) is 4.98 Å². The smallest absolute Gasteiger partial charge is 0.191 e. The summed E-state index contributed by atoms with van der Waals surface area (Å²) in [6.45, 7) is 3.00. The molecule has 2 aromatic heterocycles. The van der Waals surface area contributed by atoms with Crippen LogP contribution in [-0.4, -0.2) is 24.3 Å². The lowest BCUT2D eigenvalue weighted by molar-refractivity contribution is 0.650. The van der Waals surface area contributed by atoms with Gasteiger partial charge >= 0.3 is 0 Å². The molecule has 0 radical (unpaired) electrons. The first kappa shape index (κ1) is 14.8. The Morgan fingerprint density at radius 1 is 1.09 bits per heavy atom. The molecule has 3 aromatic rings. The highest BCUT2D eigenvalue weighted by atomic mass is 32.2. The van der Waals surface area contributed by atoms with Crippen molar-refractivity contribution in [3.05, 3.63) is 59.9 Å². The van der Waals surface area contributed by atoms with Crippen LogP contribution in [0, 0.1) is 0 Å². The summed E-state index contributed by atoms with van der Waals surface area (Å²) < 4.78 is 4.21. The molecule has 3 rings (SSSR count). The van der Waals surface area contributed by atoms with E-state index in [1.54, 1.807) is 11.8 Å². The molecule has 2 heterocycles. The second-order valence-corrected chi connectivity index (χ2v) is 5.99. The summed E-state index contributed by atoms with van der Waals surface area (Å²) in [5.74, 6) is 2.85. The van der Waals surface area contributed by atoms with Crippen LogP contribution in [0.15, 0.2) is 47.9 Å². The molecule has 0 N–H and O–H groups in total. The molecule has 6 heteroatoms. The van der Waals surface area contributed by atoms with Crippen molar-refractivity contribution in [3.8, 4) is 0 Å². The van der Waals surface area contributed by atoms with E-state index in [1.165, 1.54) is 5.56 Å². The molecule has 0 spiro atoms. The number of imidazole rings is 1. The maximum atomic E-state index is 4.37. The lowest BCUT2D eigenvalue weighted by Gasteiger charge is -2.07. The number of benzene rings is 1. The summed E-state index contributed by atoms with van der Waals surface area (Å²) in [7, 11) is 2.01. The molecule has 0 bridgehead atoms. The number of nitrogens with zero attached hydrogens (tertiary/aromatic N) is 5. The number of thioether (sulfide) groups is 1. The van der Waals surface area contributed by atoms with E-state index in [0.29, 0.717) is 0 Å². The number of rotatable bonds is 6. The van der Waals surface area contributed by atoms with E-state index in [1.807, 2.05) is 30.1 Å². The van der Waals surface area contributed by atoms with Crippen LogP contribution in [0.25, 0.3) is 0 Å². The quantitative estimate of drug-likeness (QED) is 0.657. The molecule has 1 aromatic carbocycles. The van der Waals surface area contributed by atoms with Gasteiger partial charge in [0.1, 0.15) is 11.6 Å². The summed E-state index contributed by atoms with van der Waals surface area (Å²) in [6.07, 6.45) is 4.59. The standard InChI is InChI=1S/C16H19N5S/c1-3-21-14(11-13-7-5-4-6-8-13)18-19-16(21)22-12-15-17-9-10-20(15)2/h4-10H,3,11-12H2,1-2H3. The van der Waals surface area contributed by atoms with E-state index < -0.39 is 0 Å². The Labute approximate surface area is 134 Å². The molecule has 0 saturated carbocycles. The van der Waals surface area contributed by atoms with E-state index >= 15 is 0 Å². The number of hydrogen-bond acceptors (Lipinski definition) is 4. The predicted octanol–water partition coefficient (Wildman–Crippen LogP) is 2.91. The molecule has 0 fully saturated rings. The molecule has 5 nitrogen and oxygen atoms in total. The van der Waals surface area contributed by atoms with Crippen molar-refractivity contribution in [2.75, 3.05) is 0 Å². The van der Waals surface area contributed by atoms with Gasteiger partial charge in [-0.05, 0) is 12.5 Å². The normalized spacial score (nSPS) is 11.0. The van der Waals surface area contributed by atoms with Crippen LogP contribution in [0.1, 0.15) is 24.1 Å². The molecule has 0 saturated heterocycles. The van der Waals surface area contributed by atoms with E-state index in [2.05, 4.69) is 50.9 Å². The van der Waals surface area contributed by atoms with Crippen molar-refractivity contribution in [1.29, 1.82) is 0 Å². The molecular formula is C16H19N5S. The molecule has 22 heavy (non-hydrogen) atoms. The van der Waals surface area contributed by atoms with Gasteiger partial charge in [0.25, 0.3) is 0 Å². The Kier molecular flexibility index (Phi) is 4.58. The van der Waals surface area contributed by atoms with Crippen molar-refractivity contribution in [2.24, 2.45) is 7.05 Å². The first-order chi connectivity index (χ1) is 10.8. The second kappa shape index (κ2) is 6.79. The summed E-state index contributed by atoms with van der Waals surface area (Å²) in [6, 6.07) is 10.4. The third kappa shape index (κ3) is 3.22. The summed E-state index contributed by atoms with van der Waals surface area (Å²) in [4.78, 5) is 4.35. The van der Waals surface area contributed by atoms with Gasteiger partial charge in [0.2, 0.25) is 0 Å². The predicted molar refractivity (Wildman–Crippen MR) is 87.7 cm³/mol. The van der Waals surface area contributed by atoms with Crippen LogP contribution in [0.2, 0.25) is 0 Å². The maximum Gasteiger partial charge on any atom is 0.191 e. The fourth-order valence-electron chi connectivity index (χ4n) is 2.32. The van der Waals surface area contributed by atoms with Gasteiger partial charge < -0.3 is 9.13 Å². The third-order valence-corrected chi connectivity index (χ3v) is 4.53. The second-order valence-electron chi connectivity index (χ2n) is 5.05. The summed E-state index contributed by atoms with van der Waals surface area (Å²) in [5.41, 5.74) is 1.25. The fraction of sp³-hybridized carbons (Fsp3) is 0.312. The largest absolute Gasteiger partial charge is 0.337 e. The van der Waals surface area contributed by atoms with Crippen LogP contribution >= 0.6 is 11.8 Å². The van der Waals surface area contributed by atoms with Crippen LogP contribution in [0.4, 0.5) is 0 Å². The van der Waals surface area contributed by atoms with Gasteiger partial charge in [-0.1, -0.05) is 42.1 Å². The zero-order valence-electron chi connectivity index (χ0n) is 12.8. The van der Waals surface area contributed by atoms with Gasteiger partial charge in [-0.15, -0.1) is 10.2 Å². The Morgan fingerprint density at radius 2 is 1.91 bits per heavy atom. The molecule has 0 aliphatic heterocycles. The van der Waals surface area contributed by atoms with Gasteiger partial charge in [0, 0.05) is 32.4 Å². The topological polar surface area (TPSA) is 48.5 Å². The number of hydrogen-bond donors (Lipinski definition) is 0. The zero-order chi connectivity index (χ0) is 15.4. The first-order valence-electron chi connectivity index (χ1n) is 7.33. The van der Waals surface area contributed by atoms with Crippen molar-refractivity contribution in [2.45, 2.75) is 30.8 Å². The first-order valence-corrected chi connectivity index (χ1v) is 8.31. The molecule has 0 unspecified atom stereocenters. The van der Waals surface area contributed by atoms with Crippen molar-refractivity contribution in [1.82, 2.24) is 24.3 Å². The van der Waals surface area contributed by atoms with Crippen LogP contribution in [0.5, 0.6) is 0 Å². The van der Waals surface area contributed by atoms with Gasteiger partial charge in [-0.3, -0.25) is 0 Å². The number of aryl methyl sites for hydroxylation is 1. The molecule has 114 valence electrons. The van der Waals surface area contributed by atoms with Crippen molar-refractivity contribution < 1.29 is 0 Å². The lowest BCUT2D eigenvalue weighted by atomic mass is 10.1. The molecule has 0 atom stereocenters. The van der Waals surface area contributed by atoms with Crippen LogP contribution in [-0.2, 0) is 25.8 Å². The van der Waals surface area contributed by atoms with Gasteiger partial charge in [0.15, 0.2) is 5.16 Å². The number of aromatic nitrogens is 5. The van der Waals surface area contributed by atoms with Crippen LogP contribution < -0.4 is 0 Å². The SMILES string of the molecule is CCn1c(Cc2ccccc2)nnc1SCc1nccn1C. The van der Waals surface area contributed by atoms with Crippen molar-refractivity contribution in [3.63, 3.8) is 0 Å². The molecule has 0 aliphatic carbocycles. The Balaban J connectivity index is 1.74. The minimum absolute atomic E-state index is 0.799. The minimum atomic E-state index is 0.799. The highest BCUT2D eigenvalue weighted by Gasteiger charge is 2.12. The van der Waals surface area contributed by atoms with Gasteiger partial charge in [-0.2, -0.15) is 0 Å². The van der Waals surface area contributed by atoms with E-state index in [-0.39, 0.29) is 0 Å². The zero-order valence-corrected chi connectivity index (χ0v) is 13.6. The Hall–Kier alpha value is -2.08. The fourth-order valence-corrected chi connectivity index (χ4v) is 3.34. The van der Waals surface area contributed by atoms with Crippen molar-refractivity contribution >= 4 is 11.8 Å². The Bertz CT molecular complexity index is 732. The van der Waals surface area contributed by atoms with E-state index in [0.717, 1.165) is 35.5 Å². The maximum absolute atomic E-state index is 4.37. The van der Waals surface area contributed by atoms with Crippen LogP contribution in [0.3, 0.4) is 0 Å². The van der Waals surface area contributed by atoms with E-state index in [4.69, 9.17) is 0 Å². The molecular weight excluding hydrogens is 294 g/mol. The summed E-state index contributed by atoms with van der Waals surface area (Å²) >= 11 is 1.68. The lowest BCUT2D eigenvalue weighted by Crippen LogP contribution is -2.04. The molecule has 0 amide bonds. The minimum Gasteiger partial charge on any atom is -0.337 e. The monoisotopic (exact) mass is 313 g/mol. The average molecular weight is 313 g/mol. The Morgan fingerprint density at radius 3 is 2.59 bits per heavy atom. The highest BCUT2D eigenvalue weighted by molar-refractivity contribution is 7.98. The van der Waals surface area contributed by atoms with Gasteiger partial charge in [0.05, 0.1) is 5.75 Å². The summed E-state index contributed by atoms with van der Waals surface area (Å²) in [5, 5.41) is 9.68. The molecule has 0 aliphatic rings.